The molecule has 0 bridgehead atoms. The zero-order valence-electron chi connectivity index (χ0n) is 10.4. The largest absolute Gasteiger partial charge is 0.433 e. The minimum Gasteiger partial charge on any atom is -0.433 e. The van der Waals surface area contributed by atoms with E-state index in [1.807, 2.05) is 0 Å². The van der Waals surface area contributed by atoms with Crippen LogP contribution in [0.15, 0.2) is 24.3 Å². The Morgan fingerprint density at radius 2 is 2.21 bits per heavy atom. The molecule has 1 aromatic rings. The van der Waals surface area contributed by atoms with Crippen LogP contribution in [0.3, 0.4) is 0 Å². The Morgan fingerprint density at radius 1 is 1.42 bits per heavy atom. The van der Waals surface area contributed by atoms with Crippen molar-refractivity contribution in [2.75, 3.05) is 18.4 Å². The highest BCUT2D eigenvalue weighted by Gasteiger charge is 2.22. The lowest BCUT2D eigenvalue weighted by atomic mass is 9.99. The van der Waals surface area contributed by atoms with Crippen molar-refractivity contribution in [3.63, 3.8) is 0 Å². The van der Waals surface area contributed by atoms with Crippen LogP contribution in [-0.4, -0.2) is 25.6 Å². The number of anilines is 1. The quantitative estimate of drug-likeness (QED) is 0.882. The molecule has 0 saturated carbocycles. The molecule has 1 aliphatic rings. The number of carbonyl (C=O) groups is 1. The fraction of sp³-hybridized carbons (Fsp3) is 0.462. The molecule has 0 aliphatic carbocycles. The number of hydrogen-bond donors (Lipinski definition) is 2. The lowest BCUT2D eigenvalue weighted by molar-refractivity contribution is -0.120. The van der Waals surface area contributed by atoms with E-state index in [0.29, 0.717) is 6.54 Å². The van der Waals surface area contributed by atoms with Gasteiger partial charge in [-0.25, -0.2) is 0 Å². The lowest BCUT2D eigenvalue weighted by Gasteiger charge is -2.22. The predicted octanol–water partition coefficient (Wildman–Crippen LogP) is 2.23. The first-order valence-corrected chi connectivity index (χ1v) is 6.22. The molecular formula is C13H16F2N2O2. The van der Waals surface area contributed by atoms with Gasteiger partial charge < -0.3 is 15.4 Å². The summed E-state index contributed by atoms with van der Waals surface area (Å²) in [7, 11) is 0. The SMILES string of the molecule is O=C(Nc1ccccc1OC(F)F)C1CCCNC1. The molecule has 0 radical (unpaired) electrons. The fourth-order valence-electron chi connectivity index (χ4n) is 2.08. The first kappa shape index (κ1) is 13.7. The van der Waals surface area contributed by atoms with Crippen molar-refractivity contribution in [3.8, 4) is 5.75 Å². The Bertz CT molecular complexity index is 434. The van der Waals surface area contributed by atoms with Crippen molar-refractivity contribution < 1.29 is 18.3 Å². The zero-order valence-corrected chi connectivity index (χ0v) is 10.4. The van der Waals surface area contributed by atoms with E-state index in [4.69, 9.17) is 0 Å². The van der Waals surface area contributed by atoms with Crippen molar-refractivity contribution in [2.24, 2.45) is 5.92 Å². The van der Waals surface area contributed by atoms with Gasteiger partial charge in [0.05, 0.1) is 11.6 Å². The number of carbonyl (C=O) groups excluding carboxylic acids is 1. The molecular weight excluding hydrogens is 254 g/mol. The second kappa shape index (κ2) is 6.47. The van der Waals surface area contributed by atoms with Crippen molar-refractivity contribution in [1.29, 1.82) is 0 Å². The number of piperidine rings is 1. The van der Waals surface area contributed by atoms with Crippen LogP contribution in [0.1, 0.15) is 12.8 Å². The fourth-order valence-corrected chi connectivity index (χ4v) is 2.08. The van der Waals surface area contributed by atoms with Crippen LogP contribution in [0.5, 0.6) is 5.75 Å². The maximum atomic E-state index is 12.2. The van der Waals surface area contributed by atoms with Crippen molar-refractivity contribution in [2.45, 2.75) is 19.5 Å². The Kier molecular flexibility index (Phi) is 4.68. The monoisotopic (exact) mass is 270 g/mol. The molecule has 2 rings (SSSR count). The van der Waals surface area contributed by atoms with Crippen LogP contribution >= 0.6 is 0 Å². The topological polar surface area (TPSA) is 50.4 Å². The van der Waals surface area contributed by atoms with Gasteiger partial charge in [0.15, 0.2) is 0 Å². The number of rotatable bonds is 4. The smallest absolute Gasteiger partial charge is 0.387 e. The number of benzene rings is 1. The molecule has 1 aromatic carbocycles. The summed E-state index contributed by atoms with van der Waals surface area (Å²) in [5, 5.41) is 5.78. The summed E-state index contributed by atoms with van der Waals surface area (Å²) in [6.45, 7) is -1.38. The highest BCUT2D eigenvalue weighted by atomic mass is 19.3. The molecule has 0 aromatic heterocycles. The highest BCUT2D eigenvalue weighted by molar-refractivity contribution is 5.94. The van der Waals surface area contributed by atoms with Crippen LogP contribution in [0.4, 0.5) is 14.5 Å². The van der Waals surface area contributed by atoms with Crippen molar-refractivity contribution in [3.05, 3.63) is 24.3 Å². The van der Waals surface area contributed by atoms with E-state index < -0.39 is 6.61 Å². The molecule has 1 atom stereocenters. The van der Waals surface area contributed by atoms with Gasteiger partial charge in [0.2, 0.25) is 5.91 Å². The van der Waals surface area contributed by atoms with Gasteiger partial charge in [-0.15, -0.1) is 0 Å². The Hall–Kier alpha value is -1.69. The molecule has 1 amide bonds. The number of ether oxygens (including phenoxy) is 1. The molecule has 104 valence electrons. The van der Waals surface area contributed by atoms with E-state index >= 15 is 0 Å². The number of para-hydroxylation sites is 2. The van der Waals surface area contributed by atoms with E-state index in [1.54, 1.807) is 18.2 Å². The van der Waals surface area contributed by atoms with Gasteiger partial charge in [-0.3, -0.25) is 4.79 Å². The molecule has 1 fully saturated rings. The Morgan fingerprint density at radius 3 is 2.89 bits per heavy atom. The van der Waals surface area contributed by atoms with Gasteiger partial charge in [0.25, 0.3) is 0 Å². The van der Waals surface area contributed by atoms with E-state index in [0.717, 1.165) is 19.4 Å². The number of hydrogen-bond acceptors (Lipinski definition) is 3. The molecule has 4 nitrogen and oxygen atoms in total. The molecule has 19 heavy (non-hydrogen) atoms. The Labute approximate surface area is 110 Å². The lowest BCUT2D eigenvalue weighted by Crippen LogP contribution is -2.37. The summed E-state index contributed by atoms with van der Waals surface area (Å²) in [5.74, 6) is -0.319. The number of halogens is 2. The minimum atomic E-state index is -2.91. The summed E-state index contributed by atoms with van der Waals surface area (Å²) < 4.78 is 28.9. The van der Waals surface area contributed by atoms with Crippen LogP contribution < -0.4 is 15.4 Å². The first-order chi connectivity index (χ1) is 9.16. The van der Waals surface area contributed by atoms with Crippen LogP contribution in [0.25, 0.3) is 0 Å². The zero-order chi connectivity index (χ0) is 13.7. The standard InChI is InChI=1S/C13H16F2N2O2/c14-13(15)19-11-6-2-1-5-10(11)17-12(18)9-4-3-7-16-8-9/h1-2,5-6,9,13,16H,3-4,7-8H2,(H,17,18). The number of alkyl halides is 2. The maximum Gasteiger partial charge on any atom is 0.387 e. The van der Waals surface area contributed by atoms with Gasteiger partial charge in [0.1, 0.15) is 5.75 Å². The average Bonchev–Trinajstić information content (AvgIpc) is 2.41. The van der Waals surface area contributed by atoms with Gasteiger partial charge in [-0.1, -0.05) is 12.1 Å². The summed E-state index contributed by atoms with van der Waals surface area (Å²) in [6.07, 6.45) is 1.74. The van der Waals surface area contributed by atoms with Gasteiger partial charge >= 0.3 is 6.61 Å². The summed E-state index contributed by atoms with van der Waals surface area (Å²) in [5.41, 5.74) is 0.276. The van der Waals surface area contributed by atoms with Gasteiger partial charge in [-0.05, 0) is 31.5 Å². The number of nitrogens with one attached hydrogen (secondary N) is 2. The van der Waals surface area contributed by atoms with E-state index in [1.165, 1.54) is 6.07 Å². The van der Waals surface area contributed by atoms with Gasteiger partial charge in [0, 0.05) is 6.54 Å². The van der Waals surface area contributed by atoms with E-state index in [-0.39, 0.29) is 23.3 Å². The van der Waals surface area contributed by atoms with Crippen molar-refractivity contribution >= 4 is 11.6 Å². The number of amides is 1. The normalized spacial score (nSPS) is 19.2. The maximum absolute atomic E-state index is 12.2. The van der Waals surface area contributed by atoms with Crippen LogP contribution in [0, 0.1) is 5.92 Å². The van der Waals surface area contributed by atoms with Crippen LogP contribution in [-0.2, 0) is 4.79 Å². The summed E-state index contributed by atoms with van der Waals surface area (Å²) in [4.78, 5) is 12.0. The first-order valence-electron chi connectivity index (χ1n) is 6.22. The van der Waals surface area contributed by atoms with Crippen molar-refractivity contribution in [1.82, 2.24) is 5.32 Å². The van der Waals surface area contributed by atoms with Crippen LogP contribution in [0.2, 0.25) is 0 Å². The molecule has 2 N–H and O–H groups in total. The minimum absolute atomic E-state index is 0.0189. The molecule has 1 unspecified atom stereocenters. The average molecular weight is 270 g/mol. The molecule has 1 saturated heterocycles. The molecule has 6 heteroatoms. The summed E-state index contributed by atoms with van der Waals surface area (Å²) >= 11 is 0. The molecule has 1 aliphatic heterocycles. The predicted molar refractivity (Wildman–Crippen MR) is 67.3 cm³/mol. The van der Waals surface area contributed by atoms with E-state index in [9.17, 15) is 13.6 Å². The Balaban J connectivity index is 2.03. The second-order valence-electron chi connectivity index (χ2n) is 4.41. The summed E-state index contributed by atoms with van der Waals surface area (Å²) in [6, 6.07) is 6.19. The van der Waals surface area contributed by atoms with E-state index in [2.05, 4.69) is 15.4 Å². The third-order valence-electron chi connectivity index (χ3n) is 3.03. The third kappa shape index (κ3) is 3.89. The highest BCUT2D eigenvalue weighted by Crippen LogP contribution is 2.26. The third-order valence-corrected chi connectivity index (χ3v) is 3.03. The second-order valence-corrected chi connectivity index (χ2v) is 4.41. The molecule has 1 heterocycles. The van der Waals surface area contributed by atoms with Gasteiger partial charge in [-0.2, -0.15) is 8.78 Å². The molecule has 0 spiro atoms.